The van der Waals surface area contributed by atoms with E-state index >= 15 is 0 Å². The molecule has 1 atom stereocenters. The minimum absolute atomic E-state index is 0.929. The van der Waals surface area contributed by atoms with E-state index in [4.69, 9.17) is 0 Å². The van der Waals surface area contributed by atoms with Gasteiger partial charge in [0.05, 0.1) is 5.01 Å². The van der Waals surface area contributed by atoms with Crippen molar-refractivity contribution in [2.45, 2.75) is 32.6 Å². The van der Waals surface area contributed by atoms with Crippen molar-refractivity contribution in [2.24, 2.45) is 5.92 Å². The van der Waals surface area contributed by atoms with Crippen LogP contribution >= 0.6 is 11.3 Å². The third-order valence-corrected chi connectivity index (χ3v) is 4.34. The van der Waals surface area contributed by atoms with Gasteiger partial charge in [-0.2, -0.15) is 0 Å². The van der Waals surface area contributed by atoms with Crippen LogP contribution in [-0.2, 0) is 6.42 Å². The monoisotopic (exact) mass is 253 g/mol. The lowest BCUT2D eigenvalue weighted by atomic mass is 10.0. The second-order valence-corrected chi connectivity index (χ2v) is 5.83. The summed E-state index contributed by atoms with van der Waals surface area (Å²) in [6.45, 7) is 6.74. The Bertz CT molecular complexity index is 318. The van der Waals surface area contributed by atoms with Crippen molar-refractivity contribution >= 4 is 11.3 Å². The lowest BCUT2D eigenvalue weighted by Crippen LogP contribution is -2.19. The first-order chi connectivity index (χ1) is 8.34. The van der Waals surface area contributed by atoms with Gasteiger partial charge in [-0.05, 0) is 51.7 Å². The number of aryl methyl sites for hydroxylation is 1. The van der Waals surface area contributed by atoms with E-state index in [0.29, 0.717) is 0 Å². The van der Waals surface area contributed by atoms with E-state index in [1.54, 1.807) is 11.3 Å². The summed E-state index contributed by atoms with van der Waals surface area (Å²) in [7, 11) is 0. The van der Waals surface area contributed by atoms with Crippen molar-refractivity contribution in [3.63, 3.8) is 0 Å². The van der Waals surface area contributed by atoms with Gasteiger partial charge in [0.25, 0.3) is 0 Å². The number of nitrogens with zero attached hydrogens (tertiary/aromatic N) is 1. The molecule has 0 saturated carbocycles. The van der Waals surface area contributed by atoms with Gasteiger partial charge in [-0.1, -0.05) is 0 Å². The molecule has 3 nitrogen and oxygen atoms in total. The summed E-state index contributed by atoms with van der Waals surface area (Å²) >= 11 is 1.77. The van der Waals surface area contributed by atoms with E-state index in [1.165, 1.54) is 37.4 Å². The highest BCUT2D eigenvalue weighted by Crippen LogP contribution is 2.13. The number of hydrogen-bond donors (Lipinski definition) is 2. The molecule has 0 spiro atoms. The molecule has 4 heteroatoms. The van der Waals surface area contributed by atoms with Crippen molar-refractivity contribution in [1.29, 1.82) is 0 Å². The molecule has 1 saturated heterocycles. The molecule has 1 aliphatic heterocycles. The van der Waals surface area contributed by atoms with Crippen molar-refractivity contribution in [2.75, 3.05) is 26.2 Å². The van der Waals surface area contributed by atoms with E-state index in [9.17, 15) is 0 Å². The van der Waals surface area contributed by atoms with E-state index in [-0.39, 0.29) is 0 Å². The highest BCUT2D eigenvalue weighted by Gasteiger charge is 2.12. The van der Waals surface area contributed by atoms with Gasteiger partial charge in [0.15, 0.2) is 0 Å². The van der Waals surface area contributed by atoms with Crippen LogP contribution in [0.15, 0.2) is 5.38 Å². The van der Waals surface area contributed by atoms with Crippen LogP contribution in [0.2, 0.25) is 0 Å². The summed E-state index contributed by atoms with van der Waals surface area (Å²) < 4.78 is 0. The highest BCUT2D eigenvalue weighted by molar-refractivity contribution is 7.09. The van der Waals surface area contributed by atoms with E-state index < -0.39 is 0 Å². The molecule has 1 unspecified atom stereocenters. The second kappa shape index (κ2) is 7.09. The van der Waals surface area contributed by atoms with E-state index in [2.05, 4.69) is 27.9 Å². The molecule has 2 rings (SSSR count). The summed E-state index contributed by atoms with van der Waals surface area (Å²) in [6.07, 6.45) is 5.13. The van der Waals surface area contributed by atoms with Crippen LogP contribution in [0.1, 0.15) is 30.0 Å². The molecule has 96 valence electrons. The lowest BCUT2D eigenvalue weighted by Gasteiger charge is -2.08. The molecule has 1 aromatic rings. The number of thiazole rings is 1. The van der Waals surface area contributed by atoms with Crippen LogP contribution in [0.5, 0.6) is 0 Å². The van der Waals surface area contributed by atoms with Crippen LogP contribution in [0.25, 0.3) is 0 Å². The Morgan fingerprint density at radius 1 is 1.53 bits per heavy atom. The molecule has 17 heavy (non-hydrogen) atoms. The van der Waals surface area contributed by atoms with Gasteiger partial charge in [0.1, 0.15) is 0 Å². The molecular formula is C13H23N3S. The zero-order valence-electron chi connectivity index (χ0n) is 10.7. The van der Waals surface area contributed by atoms with E-state index in [1.807, 2.05) is 0 Å². The summed E-state index contributed by atoms with van der Waals surface area (Å²) in [5.41, 5.74) is 1.15. The van der Waals surface area contributed by atoms with Gasteiger partial charge in [-0.15, -0.1) is 11.3 Å². The van der Waals surface area contributed by atoms with Gasteiger partial charge >= 0.3 is 0 Å². The van der Waals surface area contributed by atoms with Crippen LogP contribution in [0.4, 0.5) is 0 Å². The molecule has 0 aromatic carbocycles. The normalized spacial score (nSPS) is 19.9. The van der Waals surface area contributed by atoms with Crippen molar-refractivity contribution in [3.8, 4) is 0 Å². The highest BCUT2D eigenvalue weighted by atomic mass is 32.1. The predicted molar refractivity (Wildman–Crippen MR) is 73.6 cm³/mol. The third-order valence-electron chi connectivity index (χ3n) is 3.31. The maximum Gasteiger partial charge on any atom is 0.0940 e. The quantitative estimate of drug-likeness (QED) is 0.730. The van der Waals surface area contributed by atoms with Crippen LogP contribution < -0.4 is 10.6 Å². The smallest absolute Gasteiger partial charge is 0.0940 e. The average Bonchev–Trinajstić information content (AvgIpc) is 2.95. The molecule has 1 aromatic heterocycles. The molecule has 2 heterocycles. The molecule has 1 aliphatic rings. The van der Waals surface area contributed by atoms with Crippen molar-refractivity contribution in [3.05, 3.63) is 16.1 Å². The summed E-state index contributed by atoms with van der Waals surface area (Å²) in [4.78, 5) is 4.46. The van der Waals surface area contributed by atoms with Gasteiger partial charge in [0.2, 0.25) is 0 Å². The molecule has 0 aliphatic carbocycles. The number of hydrogen-bond acceptors (Lipinski definition) is 4. The standard InChI is InChI=1S/C13H23N3S/c1-11-10-17-13(16-11)5-8-14-6-2-3-12-4-7-15-9-12/h10,12,14-15H,2-9H2,1H3. The fraction of sp³-hybridized carbons (Fsp3) is 0.769. The van der Waals surface area contributed by atoms with Crippen molar-refractivity contribution in [1.82, 2.24) is 15.6 Å². The lowest BCUT2D eigenvalue weighted by molar-refractivity contribution is 0.493. The van der Waals surface area contributed by atoms with Gasteiger partial charge < -0.3 is 10.6 Å². The summed E-state index contributed by atoms with van der Waals surface area (Å²) in [5, 5.41) is 10.3. The summed E-state index contributed by atoms with van der Waals surface area (Å²) in [5.74, 6) is 0.929. The SMILES string of the molecule is Cc1csc(CCNCCCC2CCNC2)n1. The van der Waals surface area contributed by atoms with Gasteiger partial charge in [-0.3, -0.25) is 0 Å². The minimum atomic E-state index is 0.929. The first-order valence-corrected chi connectivity index (χ1v) is 7.55. The van der Waals surface area contributed by atoms with Gasteiger partial charge in [-0.25, -0.2) is 4.98 Å². The Hall–Kier alpha value is -0.450. The zero-order chi connectivity index (χ0) is 11.9. The van der Waals surface area contributed by atoms with Gasteiger partial charge in [0, 0.05) is 24.0 Å². The second-order valence-electron chi connectivity index (χ2n) is 4.88. The molecular weight excluding hydrogens is 230 g/mol. The minimum Gasteiger partial charge on any atom is -0.316 e. The molecule has 0 radical (unpaired) electrons. The maximum absolute atomic E-state index is 4.46. The van der Waals surface area contributed by atoms with Crippen LogP contribution in [-0.4, -0.2) is 31.2 Å². The number of nitrogens with one attached hydrogen (secondary N) is 2. The largest absolute Gasteiger partial charge is 0.316 e. The van der Waals surface area contributed by atoms with Crippen molar-refractivity contribution < 1.29 is 0 Å². The predicted octanol–water partition coefficient (Wildman–Crippen LogP) is 1.97. The number of rotatable bonds is 7. The Balaban J connectivity index is 1.46. The maximum atomic E-state index is 4.46. The van der Waals surface area contributed by atoms with Crippen LogP contribution in [0, 0.1) is 12.8 Å². The average molecular weight is 253 g/mol. The third kappa shape index (κ3) is 4.74. The zero-order valence-corrected chi connectivity index (χ0v) is 11.5. The Labute approximate surface area is 108 Å². The van der Waals surface area contributed by atoms with E-state index in [0.717, 1.165) is 31.1 Å². The Kier molecular flexibility index (Phi) is 5.42. The summed E-state index contributed by atoms with van der Waals surface area (Å²) in [6, 6.07) is 0. The van der Waals surface area contributed by atoms with Crippen LogP contribution in [0.3, 0.4) is 0 Å². The molecule has 0 amide bonds. The Morgan fingerprint density at radius 2 is 2.47 bits per heavy atom. The Morgan fingerprint density at radius 3 is 3.18 bits per heavy atom. The number of aromatic nitrogens is 1. The fourth-order valence-electron chi connectivity index (χ4n) is 2.31. The first kappa shape index (κ1) is 13.0. The molecule has 2 N–H and O–H groups in total. The first-order valence-electron chi connectivity index (χ1n) is 6.67. The molecule has 1 fully saturated rings. The topological polar surface area (TPSA) is 37.0 Å². The molecule has 0 bridgehead atoms. The fourth-order valence-corrected chi connectivity index (χ4v) is 3.09.